The highest BCUT2D eigenvalue weighted by atomic mass is 16.3. The van der Waals surface area contributed by atoms with Crippen molar-refractivity contribution in [3.8, 4) is 0 Å². The van der Waals surface area contributed by atoms with E-state index in [4.69, 9.17) is 21.6 Å². The number of rotatable bonds is 2. The summed E-state index contributed by atoms with van der Waals surface area (Å²) in [5, 5.41) is 1.02. The van der Waals surface area contributed by atoms with Gasteiger partial charge in [-0.3, -0.25) is 0 Å². The summed E-state index contributed by atoms with van der Waals surface area (Å²) in [6.07, 6.45) is 0.856. The number of hydrogen-bond acceptors (Lipinski definition) is 2. The van der Waals surface area contributed by atoms with Crippen LogP contribution in [0.3, 0.4) is 0 Å². The molecular formula is C13H17N5O. The molecule has 0 bridgehead atoms. The number of aryl methyl sites for hydroxylation is 2. The van der Waals surface area contributed by atoms with Gasteiger partial charge in [-0.2, -0.15) is 4.99 Å². The fourth-order valence-electron chi connectivity index (χ4n) is 1.96. The van der Waals surface area contributed by atoms with Crippen molar-refractivity contribution in [2.45, 2.75) is 20.3 Å². The average molecular weight is 259 g/mol. The van der Waals surface area contributed by atoms with Gasteiger partial charge in [-0.15, -0.1) is 0 Å². The van der Waals surface area contributed by atoms with Gasteiger partial charge in [-0.05, 0) is 30.7 Å². The predicted molar refractivity (Wildman–Crippen MR) is 77.4 cm³/mol. The average Bonchev–Trinajstić information content (AvgIpc) is 2.65. The summed E-state index contributed by atoms with van der Waals surface area (Å²) in [5.74, 6) is 0.889. The summed E-state index contributed by atoms with van der Waals surface area (Å²) in [5.41, 5.74) is 18.7. The van der Waals surface area contributed by atoms with Crippen molar-refractivity contribution in [3.63, 3.8) is 0 Å². The third kappa shape index (κ3) is 2.67. The molecule has 6 nitrogen and oxygen atoms in total. The molecule has 0 saturated heterocycles. The van der Waals surface area contributed by atoms with Gasteiger partial charge in [-0.25, -0.2) is 4.99 Å². The van der Waals surface area contributed by atoms with Gasteiger partial charge < -0.3 is 21.6 Å². The number of fused-ring (bicyclic) bond motifs is 1. The molecule has 0 aliphatic rings. The number of nitrogens with two attached hydrogens (primary N) is 3. The van der Waals surface area contributed by atoms with Crippen molar-refractivity contribution in [2.75, 3.05) is 0 Å². The third-order valence-corrected chi connectivity index (χ3v) is 2.83. The summed E-state index contributed by atoms with van der Waals surface area (Å²) in [7, 11) is 0. The van der Waals surface area contributed by atoms with Gasteiger partial charge in [0.15, 0.2) is 5.96 Å². The first-order valence-electron chi connectivity index (χ1n) is 5.97. The number of aliphatic imine (C=N–C) groups is 2. The number of furan rings is 1. The zero-order chi connectivity index (χ0) is 14.0. The summed E-state index contributed by atoms with van der Waals surface area (Å²) < 4.78 is 5.73. The molecule has 19 heavy (non-hydrogen) atoms. The molecule has 0 amide bonds. The lowest BCUT2D eigenvalue weighted by molar-refractivity contribution is 0.553. The number of nitrogens with zero attached hydrogens (tertiary/aromatic N) is 2. The molecule has 2 aromatic rings. The third-order valence-electron chi connectivity index (χ3n) is 2.83. The molecule has 1 aromatic heterocycles. The molecule has 0 aliphatic heterocycles. The minimum atomic E-state index is -0.116. The van der Waals surface area contributed by atoms with Crippen LogP contribution >= 0.6 is 0 Å². The Hall–Kier alpha value is -2.50. The zero-order valence-corrected chi connectivity index (χ0v) is 11.0. The van der Waals surface area contributed by atoms with Gasteiger partial charge in [-0.1, -0.05) is 6.92 Å². The van der Waals surface area contributed by atoms with E-state index in [0.29, 0.717) is 5.69 Å². The Labute approximate surface area is 111 Å². The van der Waals surface area contributed by atoms with E-state index in [2.05, 4.69) is 16.9 Å². The highest BCUT2D eigenvalue weighted by Gasteiger charge is 2.09. The van der Waals surface area contributed by atoms with Crippen LogP contribution in [0, 0.1) is 6.92 Å². The van der Waals surface area contributed by atoms with E-state index in [1.165, 1.54) is 0 Å². The van der Waals surface area contributed by atoms with E-state index in [-0.39, 0.29) is 11.9 Å². The molecular weight excluding hydrogens is 242 g/mol. The maximum Gasteiger partial charge on any atom is 0.223 e. The Morgan fingerprint density at radius 3 is 2.63 bits per heavy atom. The van der Waals surface area contributed by atoms with Gasteiger partial charge in [0.2, 0.25) is 5.96 Å². The molecule has 0 aliphatic carbocycles. The van der Waals surface area contributed by atoms with Crippen LogP contribution in [0.1, 0.15) is 18.2 Å². The lowest BCUT2D eigenvalue weighted by Gasteiger charge is -1.97. The maximum atomic E-state index is 5.73. The Morgan fingerprint density at radius 1 is 1.26 bits per heavy atom. The molecule has 0 saturated carbocycles. The summed E-state index contributed by atoms with van der Waals surface area (Å²) in [6, 6.07) is 5.57. The van der Waals surface area contributed by atoms with Gasteiger partial charge in [0.25, 0.3) is 0 Å². The highest BCUT2D eigenvalue weighted by Crippen LogP contribution is 2.29. The molecule has 100 valence electrons. The second-order valence-corrected chi connectivity index (χ2v) is 4.19. The number of hydrogen-bond donors (Lipinski definition) is 3. The molecule has 1 aromatic carbocycles. The molecule has 2 rings (SSSR count). The van der Waals surface area contributed by atoms with Crippen molar-refractivity contribution in [1.82, 2.24) is 0 Å². The van der Waals surface area contributed by atoms with E-state index >= 15 is 0 Å². The van der Waals surface area contributed by atoms with Crippen molar-refractivity contribution in [1.29, 1.82) is 0 Å². The van der Waals surface area contributed by atoms with Gasteiger partial charge in [0.1, 0.15) is 11.3 Å². The first kappa shape index (κ1) is 12.9. The molecule has 0 unspecified atom stereocenters. The van der Waals surface area contributed by atoms with Gasteiger partial charge >= 0.3 is 0 Å². The quantitative estimate of drug-likeness (QED) is 0.560. The first-order chi connectivity index (χ1) is 9.01. The van der Waals surface area contributed by atoms with Crippen LogP contribution in [0.4, 0.5) is 5.69 Å². The minimum Gasteiger partial charge on any atom is -0.461 e. The molecule has 6 N–H and O–H groups in total. The predicted octanol–water partition coefficient (Wildman–Crippen LogP) is 1.52. The fraction of sp³-hybridized carbons (Fsp3) is 0.231. The maximum absolute atomic E-state index is 5.73. The molecule has 6 heteroatoms. The van der Waals surface area contributed by atoms with E-state index in [0.717, 1.165) is 28.7 Å². The molecule has 0 spiro atoms. The Morgan fingerprint density at radius 2 is 2.00 bits per heavy atom. The standard InChI is InChI=1S/C13H17N5O/c1-3-10-7(2)9-6-8(4-5-11(9)19-10)17-13(16)18-12(14)15/h4-6H,3H2,1-2H3,(H6,14,15,16,17,18). The van der Waals surface area contributed by atoms with E-state index in [1.54, 1.807) is 6.07 Å². The Kier molecular flexibility index (Phi) is 3.41. The van der Waals surface area contributed by atoms with Crippen molar-refractivity contribution >= 4 is 28.6 Å². The SMILES string of the molecule is CCc1oc2ccc(N=C(N)N=C(N)N)cc2c1C. The highest BCUT2D eigenvalue weighted by molar-refractivity contribution is 5.94. The topological polar surface area (TPSA) is 116 Å². The normalized spacial score (nSPS) is 11.8. The van der Waals surface area contributed by atoms with Crippen molar-refractivity contribution in [3.05, 3.63) is 29.5 Å². The first-order valence-corrected chi connectivity index (χ1v) is 5.97. The van der Waals surface area contributed by atoms with Gasteiger partial charge in [0, 0.05) is 11.8 Å². The van der Waals surface area contributed by atoms with Crippen LogP contribution in [0.2, 0.25) is 0 Å². The van der Waals surface area contributed by atoms with E-state index in [9.17, 15) is 0 Å². The molecule has 0 atom stereocenters. The Bertz CT molecular complexity index is 665. The second kappa shape index (κ2) is 5.01. The minimum absolute atomic E-state index is 0.0243. The molecule has 1 heterocycles. The fourth-order valence-corrected chi connectivity index (χ4v) is 1.96. The van der Waals surface area contributed by atoms with Crippen LogP contribution in [0.25, 0.3) is 11.0 Å². The molecule has 0 radical (unpaired) electrons. The summed E-state index contributed by atoms with van der Waals surface area (Å²) in [6.45, 7) is 4.08. The van der Waals surface area contributed by atoms with E-state index in [1.807, 2.05) is 19.1 Å². The van der Waals surface area contributed by atoms with Crippen LogP contribution in [-0.2, 0) is 6.42 Å². The van der Waals surface area contributed by atoms with Crippen LogP contribution in [0.5, 0.6) is 0 Å². The van der Waals surface area contributed by atoms with Crippen molar-refractivity contribution < 1.29 is 4.42 Å². The van der Waals surface area contributed by atoms with Crippen LogP contribution < -0.4 is 17.2 Å². The van der Waals surface area contributed by atoms with Crippen LogP contribution in [0.15, 0.2) is 32.6 Å². The van der Waals surface area contributed by atoms with Gasteiger partial charge in [0.05, 0.1) is 5.69 Å². The lowest BCUT2D eigenvalue weighted by atomic mass is 10.1. The van der Waals surface area contributed by atoms with Crippen molar-refractivity contribution in [2.24, 2.45) is 27.2 Å². The molecule has 0 fully saturated rings. The monoisotopic (exact) mass is 259 g/mol. The Balaban J connectivity index is 2.47. The summed E-state index contributed by atoms with van der Waals surface area (Å²) >= 11 is 0. The van der Waals surface area contributed by atoms with Crippen LogP contribution in [-0.4, -0.2) is 11.9 Å². The zero-order valence-electron chi connectivity index (χ0n) is 11.0. The lowest BCUT2D eigenvalue weighted by Crippen LogP contribution is -2.26. The number of benzene rings is 1. The summed E-state index contributed by atoms with van der Waals surface area (Å²) in [4.78, 5) is 7.80. The smallest absolute Gasteiger partial charge is 0.223 e. The largest absolute Gasteiger partial charge is 0.461 e. The van der Waals surface area contributed by atoms with E-state index < -0.39 is 0 Å². The number of guanidine groups is 2. The second-order valence-electron chi connectivity index (χ2n) is 4.19.